The van der Waals surface area contributed by atoms with Gasteiger partial charge in [0, 0.05) is 6.04 Å². The Kier molecular flexibility index (Phi) is 4.74. The highest BCUT2D eigenvalue weighted by molar-refractivity contribution is 5.30. The maximum absolute atomic E-state index is 5.21. The summed E-state index contributed by atoms with van der Waals surface area (Å²) in [5.74, 6) is 2.38. The lowest BCUT2D eigenvalue weighted by Gasteiger charge is -2.38. The second-order valence-electron chi connectivity index (χ2n) is 7.31. The number of ether oxygens (including phenoxy) is 1. The number of hydrogen-bond acceptors (Lipinski definition) is 2. The lowest BCUT2D eigenvalue weighted by atomic mass is 9.75. The van der Waals surface area contributed by atoms with Gasteiger partial charge in [-0.25, -0.2) is 0 Å². The fourth-order valence-electron chi connectivity index (χ4n) is 2.58. The summed E-state index contributed by atoms with van der Waals surface area (Å²) in [6.07, 6.45) is 2.53. The Morgan fingerprint density at radius 3 is 2.30 bits per heavy atom. The highest BCUT2D eigenvalue weighted by Gasteiger charge is 2.31. The molecule has 1 aliphatic carbocycles. The lowest BCUT2D eigenvalue weighted by molar-refractivity contribution is 0.215. The summed E-state index contributed by atoms with van der Waals surface area (Å²) in [5.41, 5.74) is 1.85. The molecule has 2 rings (SSSR count). The minimum absolute atomic E-state index is 0.395. The van der Waals surface area contributed by atoms with Crippen molar-refractivity contribution in [3.8, 4) is 5.75 Å². The largest absolute Gasteiger partial charge is 0.497 e. The molecule has 1 aromatic carbocycles. The molecule has 1 N–H and O–H groups in total. The zero-order valence-electron chi connectivity index (χ0n) is 13.6. The summed E-state index contributed by atoms with van der Waals surface area (Å²) < 4.78 is 5.21. The molecule has 1 saturated carbocycles. The quantitative estimate of drug-likeness (QED) is 0.869. The summed E-state index contributed by atoms with van der Waals surface area (Å²) in [7, 11) is 1.72. The topological polar surface area (TPSA) is 21.3 Å². The van der Waals surface area contributed by atoms with Gasteiger partial charge in [-0.2, -0.15) is 0 Å². The van der Waals surface area contributed by atoms with E-state index in [4.69, 9.17) is 4.74 Å². The monoisotopic (exact) mass is 275 g/mol. The Hall–Kier alpha value is -1.02. The standard InChI is InChI=1S/C18H29NO/c1-13(18(2,3)4)12-19-16-10-15(11-16)14-6-8-17(20-5)9-7-14/h6-9,13,15-16,19H,10-12H2,1-5H3. The van der Waals surface area contributed by atoms with Crippen LogP contribution in [0.2, 0.25) is 0 Å². The molecule has 112 valence electrons. The maximum atomic E-state index is 5.21. The van der Waals surface area contributed by atoms with Crippen LogP contribution in [0.4, 0.5) is 0 Å². The van der Waals surface area contributed by atoms with Crippen LogP contribution in [-0.2, 0) is 0 Å². The Morgan fingerprint density at radius 2 is 1.80 bits per heavy atom. The van der Waals surface area contributed by atoms with Crippen molar-refractivity contribution < 1.29 is 4.74 Å². The first kappa shape index (κ1) is 15.4. The Labute approximate surface area is 123 Å². The van der Waals surface area contributed by atoms with Crippen LogP contribution < -0.4 is 10.1 Å². The van der Waals surface area contributed by atoms with Gasteiger partial charge < -0.3 is 10.1 Å². The van der Waals surface area contributed by atoms with Crippen LogP contribution in [0.15, 0.2) is 24.3 Å². The molecular formula is C18H29NO. The number of benzene rings is 1. The van der Waals surface area contributed by atoms with E-state index in [-0.39, 0.29) is 0 Å². The van der Waals surface area contributed by atoms with Crippen molar-refractivity contribution in [3.63, 3.8) is 0 Å². The van der Waals surface area contributed by atoms with Crippen LogP contribution in [0.3, 0.4) is 0 Å². The van der Waals surface area contributed by atoms with E-state index in [9.17, 15) is 0 Å². The fraction of sp³-hybridized carbons (Fsp3) is 0.667. The van der Waals surface area contributed by atoms with E-state index in [1.807, 2.05) is 0 Å². The summed E-state index contributed by atoms with van der Waals surface area (Å²) >= 11 is 0. The maximum Gasteiger partial charge on any atom is 0.118 e. The first-order chi connectivity index (χ1) is 9.40. The van der Waals surface area contributed by atoms with Gasteiger partial charge in [-0.05, 0) is 54.3 Å². The third-order valence-electron chi connectivity index (χ3n) is 4.92. The third-order valence-corrected chi connectivity index (χ3v) is 4.92. The van der Waals surface area contributed by atoms with E-state index in [2.05, 4.69) is 57.3 Å². The number of hydrogen-bond donors (Lipinski definition) is 1. The summed E-state index contributed by atoms with van der Waals surface area (Å²) in [5, 5.41) is 3.72. The fourth-order valence-corrected chi connectivity index (χ4v) is 2.58. The Morgan fingerprint density at radius 1 is 1.20 bits per heavy atom. The normalized spacial score (nSPS) is 24.1. The molecule has 0 amide bonds. The van der Waals surface area contributed by atoms with Gasteiger partial charge >= 0.3 is 0 Å². The first-order valence-electron chi connectivity index (χ1n) is 7.77. The van der Waals surface area contributed by atoms with E-state index in [0.717, 1.165) is 18.2 Å². The van der Waals surface area contributed by atoms with Gasteiger partial charge in [-0.15, -0.1) is 0 Å². The average Bonchev–Trinajstić information content (AvgIpc) is 2.36. The molecule has 2 nitrogen and oxygen atoms in total. The van der Waals surface area contributed by atoms with Crippen LogP contribution in [0, 0.1) is 11.3 Å². The third kappa shape index (κ3) is 3.76. The van der Waals surface area contributed by atoms with Crippen molar-refractivity contribution in [1.82, 2.24) is 5.32 Å². The van der Waals surface area contributed by atoms with Gasteiger partial charge in [0.05, 0.1) is 7.11 Å². The van der Waals surface area contributed by atoms with Gasteiger partial charge in [0.2, 0.25) is 0 Å². The van der Waals surface area contributed by atoms with E-state index in [1.54, 1.807) is 7.11 Å². The smallest absolute Gasteiger partial charge is 0.118 e. The van der Waals surface area contributed by atoms with Crippen molar-refractivity contribution in [2.45, 2.75) is 52.5 Å². The van der Waals surface area contributed by atoms with Crippen molar-refractivity contribution in [2.75, 3.05) is 13.7 Å². The molecule has 20 heavy (non-hydrogen) atoms. The Balaban J connectivity index is 1.74. The number of methoxy groups -OCH3 is 1. The van der Waals surface area contributed by atoms with Gasteiger partial charge in [-0.1, -0.05) is 39.8 Å². The minimum Gasteiger partial charge on any atom is -0.497 e. The molecule has 0 heterocycles. The minimum atomic E-state index is 0.395. The van der Waals surface area contributed by atoms with Crippen molar-refractivity contribution in [3.05, 3.63) is 29.8 Å². The van der Waals surface area contributed by atoms with Crippen LogP contribution >= 0.6 is 0 Å². The number of rotatable bonds is 5. The van der Waals surface area contributed by atoms with E-state index in [1.165, 1.54) is 18.4 Å². The molecule has 0 radical (unpaired) electrons. The second-order valence-corrected chi connectivity index (χ2v) is 7.31. The highest BCUT2D eigenvalue weighted by Crippen LogP contribution is 2.37. The molecule has 1 atom stereocenters. The highest BCUT2D eigenvalue weighted by atomic mass is 16.5. The van der Waals surface area contributed by atoms with Gasteiger partial charge in [0.25, 0.3) is 0 Å². The van der Waals surface area contributed by atoms with Crippen molar-refractivity contribution in [2.24, 2.45) is 11.3 Å². The van der Waals surface area contributed by atoms with Crippen LogP contribution in [-0.4, -0.2) is 19.7 Å². The predicted molar refractivity (Wildman–Crippen MR) is 85.4 cm³/mol. The summed E-state index contributed by atoms with van der Waals surface area (Å²) in [6, 6.07) is 9.25. The van der Waals surface area contributed by atoms with Gasteiger partial charge in [0.15, 0.2) is 0 Å². The molecule has 0 spiro atoms. The van der Waals surface area contributed by atoms with Crippen LogP contribution in [0.1, 0.15) is 52.0 Å². The molecule has 1 unspecified atom stereocenters. The SMILES string of the molecule is COc1ccc(C2CC(NCC(C)C(C)(C)C)C2)cc1. The second kappa shape index (κ2) is 6.17. The van der Waals surface area contributed by atoms with E-state index >= 15 is 0 Å². The van der Waals surface area contributed by atoms with Crippen molar-refractivity contribution in [1.29, 1.82) is 0 Å². The molecule has 2 heteroatoms. The average molecular weight is 275 g/mol. The zero-order valence-corrected chi connectivity index (χ0v) is 13.6. The van der Waals surface area contributed by atoms with Crippen molar-refractivity contribution >= 4 is 0 Å². The molecule has 0 bridgehead atoms. The zero-order chi connectivity index (χ0) is 14.8. The molecule has 0 saturated heterocycles. The molecule has 1 aliphatic rings. The molecule has 1 aromatic rings. The van der Waals surface area contributed by atoms with Crippen LogP contribution in [0.5, 0.6) is 5.75 Å². The Bertz CT molecular complexity index is 412. The predicted octanol–water partition coefficient (Wildman–Crippen LogP) is 4.21. The molecular weight excluding hydrogens is 246 g/mol. The molecule has 0 aromatic heterocycles. The first-order valence-corrected chi connectivity index (χ1v) is 7.77. The molecule has 0 aliphatic heterocycles. The summed E-state index contributed by atoms with van der Waals surface area (Å²) in [4.78, 5) is 0. The lowest BCUT2D eigenvalue weighted by Crippen LogP contribution is -2.43. The van der Waals surface area contributed by atoms with Gasteiger partial charge in [-0.3, -0.25) is 0 Å². The number of nitrogens with one attached hydrogen (secondary N) is 1. The van der Waals surface area contributed by atoms with E-state index in [0.29, 0.717) is 17.4 Å². The summed E-state index contributed by atoms with van der Waals surface area (Å²) in [6.45, 7) is 10.4. The van der Waals surface area contributed by atoms with Crippen LogP contribution in [0.25, 0.3) is 0 Å². The molecule has 1 fully saturated rings. The van der Waals surface area contributed by atoms with Gasteiger partial charge in [0.1, 0.15) is 5.75 Å². The van der Waals surface area contributed by atoms with E-state index < -0.39 is 0 Å².